The summed E-state index contributed by atoms with van der Waals surface area (Å²) < 4.78 is 0. The van der Waals surface area contributed by atoms with Gasteiger partial charge < -0.3 is 5.32 Å². The van der Waals surface area contributed by atoms with Gasteiger partial charge in [-0.05, 0) is 51.0 Å². The summed E-state index contributed by atoms with van der Waals surface area (Å²) in [5, 5.41) is 12.3. The highest BCUT2D eigenvalue weighted by Gasteiger charge is 2.25. The van der Waals surface area contributed by atoms with E-state index < -0.39 is 0 Å². The molecule has 0 amide bonds. The van der Waals surface area contributed by atoms with E-state index in [2.05, 4.69) is 40.6 Å². The number of likely N-dealkylation sites (tertiary alicyclic amines) is 1. The van der Waals surface area contributed by atoms with Crippen LogP contribution in [0.25, 0.3) is 0 Å². The van der Waals surface area contributed by atoms with Crippen molar-refractivity contribution in [1.82, 2.24) is 10.2 Å². The molecular formula is C16H23N3. The minimum Gasteiger partial charge on any atom is -0.319 e. The lowest BCUT2D eigenvalue weighted by atomic mass is 9.93. The van der Waals surface area contributed by atoms with Gasteiger partial charge in [-0.25, -0.2) is 0 Å². The van der Waals surface area contributed by atoms with Crippen molar-refractivity contribution in [3.05, 3.63) is 35.9 Å². The van der Waals surface area contributed by atoms with Crippen LogP contribution in [0.3, 0.4) is 0 Å². The first-order chi connectivity index (χ1) is 9.35. The van der Waals surface area contributed by atoms with E-state index in [9.17, 15) is 0 Å². The molecule has 1 atom stereocenters. The highest BCUT2D eigenvalue weighted by Crippen LogP contribution is 2.28. The number of nitrogens with zero attached hydrogens (tertiary/aromatic N) is 2. The fraction of sp³-hybridized carbons (Fsp3) is 0.562. The van der Waals surface area contributed by atoms with Gasteiger partial charge in [-0.3, -0.25) is 4.90 Å². The summed E-state index contributed by atoms with van der Waals surface area (Å²) in [6.07, 6.45) is 3.05. The number of hydrogen-bond donors (Lipinski definition) is 1. The standard InChI is InChI=1S/C16H23N3/c1-18-13-14-8-11-19(12-9-14)16(7-10-17)15-5-3-2-4-6-15/h2-6,14,16,18H,7-9,11-13H2,1H3. The third-order valence-corrected chi connectivity index (χ3v) is 4.05. The van der Waals surface area contributed by atoms with E-state index in [1.165, 1.54) is 18.4 Å². The molecule has 0 spiro atoms. The predicted molar refractivity (Wildman–Crippen MR) is 77.6 cm³/mol. The quantitative estimate of drug-likeness (QED) is 0.881. The number of benzene rings is 1. The summed E-state index contributed by atoms with van der Waals surface area (Å²) in [6.45, 7) is 3.32. The zero-order valence-corrected chi connectivity index (χ0v) is 11.7. The fourth-order valence-corrected chi connectivity index (χ4v) is 2.98. The number of piperidine rings is 1. The molecule has 3 heteroatoms. The Balaban J connectivity index is 2.00. The van der Waals surface area contributed by atoms with Crippen LogP contribution in [-0.4, -0.2) is 31.6 Å². The van der Waals surface area contributed by atoms with Crippen molar-refractivity contribution in [3.8, 4) is 6.07 Å². The molecule has 1 aromatic carbocycles. The summed E-state index contributed by atoms with van der Waals surface area (Å²) in [4.78, 5) is 2.48. The van der Waals surface area contributed by atoms with Gasteiger partial charge in [0.05, 0.1) is 12.5 Å². The molecule has 102 valence electrons. The van der Waals surface area contributed by atoms with E-state index in [-0.39, 0.29) is 6.04 Å². The summed E-state index contributed by atoms with van der Waals surface area (Å²) in [5.74, 6) is 0.791. The van der Waals surface area contributed by atoms with Crippen LogP contribution >= 0.6 is 0 Å². The summed E-state index contributed by atoms with van der Waals surface area (Å²) in [5.41, 5.74) is 1.27. The maximum Gasteiger partial charge on any atom is 0.0641 e. The molecule has 3 nitrogen and oxygen atoms in total. The Bertz CT molecular complexity index is 402. The molecule has 0 bridgehead atoms. The normalized spacial score (nSPS) is 18.9. The first-order valence-electron chi connectivity index (χ1n) is 7.15. The largest absolute Gasteiger partial charge is 0.319 e. The molecule has 1 saturated heterocycles. The van der Waals surface area contributed by atoms with Crippen LogP contribution in [0.1, 0.15) is 30.9 Å². The topological polar surface area (TPSA) is 39.1 Å². The second-order valence-corrected chi connectivity index (χ2v) is 5.33. The second kappa shape index (κ2) is 7.28. The van der Waals surface area contributed by atoms with Crippen LogP contribution in [0.4, 0.5) is 0 Å². The Morgan fingerprint density at radius 3 is 2.58 bits per heavy atom. The number of hydrogen-bond acceptors (Lipinski definition) is 3. The van der Waals surface area contributed by atoms with Crippen molar-refractivity contribution in [2.24, 2.45) is 5.92 Å². The van der Waals surface area contributed by atoms with E-state index in [1.54, 1.807) is 0 Å². The molecule has 0 aliphatic carbocycles. The lowest BCUT2D eigenvalue weighted by Crippen LogP contribution is -2.39. The Hall–Kier alpha value is -1.37. The molecule has 1 aliphatic rings. The van der Waals surface area contributed by atoms with E-state index in [0.717, 1.165) is 25.6 Å². The SMILES string of the molecule is CNCC1CCN(C(CC#N)c2ccccc2)CC1. The monoisotopic (exact) mass is 257 g/mol. The van der Waals surface area contributed by atoms with Gasteiger partial charge >= 0.3 is 0 Å². The van der Waals surface area contributed by atoms with Gasteiger partial charge in [-0.2, -0.15) is 5.26 Å². The maximum absolute atomic E-state index is 9.08. The van der Waals surface area contributed by atoms with Crippen LogP contribution in [0, 0.1) is 17.2 Å². The van der Waals surface area contributed by atoms with E-state index >= 15 is 0 Å². The van der Waals surface area contributed by atoms with Gasteiger partial charge in [-0.15, -0.1) is 0 Å². The lowest BCUT2D eigenvalue weighted by Gasteiger charge is -2.37. The van der Waals surface area contributed by atoms with Crippen molar-refractivity contribution >= 4 is 0 Å². The number of rotatable bonds is 5. The number of nitrogens with one attached hydrogen (secondary N) is 1. The van der Waals surface area contributed by atoms with Gasteiger partial charge in [0.15, 0.2) is 0 Å². The zero-order chi connectivity index (χ0) is 13.5. The van der Waals surface area contributed by atoms with E-state index in [1.807, 2.05) is 13.1 Å². The van der Waals surface area contributed by atoms with Crippen LogP contribution in [0.5, 0.6) is 0 Å². The first-order valence-corrected chi connectivity index (χ1v) is 7.15. The number of nitriles is 1. The molecule has 0 aromatic heterocycles. The van der Waals surface area contributed by atoms with Crippen LogP contribution < -0.4 is 5.32 Å². The third kappa shape index (κ3) is 3.79. The molecule has 2 rings (SSSR count). The van der Waals surface area contributed by atoms with E-state index in [4.69, 9.17) is 5.26 Å². The summed E-state index contributed by atoms with van der Waals surface area (Å²) >= 11 is 0. The highest BCUT2D eigenvalue weighted by atomic mass is 15.2. The Labute approximate surface area is 116 Å². The van der Waals surface area contributed by atoms with Crippen LogP contribution in [0.15, 0.2) is 30.3 Å². The molecule has 0 radical (unpaired) electrons. The average Bonchev–Trinajstić information content (AvgIpc) is 2.47. The van der Waals surface area contributed by atoms with Crippen molar-refractivity contribution in [2.75, 3.05) is 26.7 Å². The average molecular weight is 257 g/mol. The third-order valence-electron chi connectivity index (χ3n) is 4.05. The zero-order valence-electron chi connectivity index (χ0n) is 11.7. The van der Waals surface area contributed by atoms with E-state index in [0.29, 0.717) is 6.42 Å². The Kier molecular flexibility index (Phi) is 5.38. The Morgan fingerprint density at radius 1 is 1.32 bits per heavy atom. The van der Waals surface area contributed by atoms with Gasteiger partial charge in [0.25, 0.3) is 0 Å². The van der Waals surface area contributed by atoms with Gasteiger partial charge in [0, 0.05) is 6.04 Å². The lowest BCUT2D eigenvalue weighted by molar-refractivity contribution is 0.133. The van der Waals surface area contributed by atoms with Crippen LogP contribution in [-0.2, 0) is 0 Å². The minimum absolute atomic E-state index is 0.265. The maximum atomic E-state index is 9.08. The molecule has 1 aromatic rings. The highest BCUT2D eigenvalue weighted by molar-refractivity contribution is 5.20. The first kappa shape index (κ1) is 14.0. The molecule has 0 saturated carbocycles. The van der Waals surface area contributed by atoms with Crippen LogP contribution in [0.2, 0.25) is 0 Å². The van der Waals surface area contributed by atoms with Gasteiger partial charge in [-0.1, -0.05) is 30.3 Å². The second-order valence-electron chi connectivity index (χ2n) is 5.33. The minimum atomic E-state index is 0.265. The summed E-state index contributed by atoms with van der Waals surface area (Å²) in [6, 6.07) is 13.1. The van der Waals surface area contributed by atoms with Crippen molar-refractivity contribution in [1.29, 1.82) is 5.26 Å². The summed E-state index contributed by atoms with van der Waals surface area (Å²) in [7, 11) is 2.02. The molecule has 1 fully saturated rings. The van der Waals surface area contributed by atoms with Gasteiger partial charge in [0.1, 0.15) is 0 Å². The van der Waals surface area contributed by atoms with Crippen molar-refractivity contribution in [2.45, 2.75) is 25.3 Å². The molecule has 1 aliphatic heterocycles. The molecule has 1 heterocycles. The van der Waals surface area contributed by atoms with Crippen molar-refractivity contribution < 1.29 is 0 Å². The predicted octanol–water partition coefficient (Wildman–Crippen LogP) is 2.57. The molecule has 1 N–H and O–H groups in total. The Morgan fingerprint density at radius 2 is 2.00 bits per heavy atom. The van der Waals surface area contributed by atoms with Gasteiger partial charge in [0.2, 0.25) is 0 Å². The molecular weight excluding hydrogens is 234 g/mol. The van der Waals surface area contributed by atoms with Crippen molar-refractivity contribution in [3.63, 3.8) is 0 Å². The smallest absolute Gasteiger partial charge is 0.0641 e. The molecule has 19 heavy (non-hydrogen) atoms. The molecule has 1 unspecified atom stereocenters. The fourth-order valence-electron chi connectivity index (χ4n) is 2.98.